The molecule has 1 amide bonds. The van der Waals surface area contributed by atoms with Crippen LogP contribution in [0.2, 0.25) is 0 Å². The Morgan fingerprint density at radius 2 is 2.07 bits per heavy atom. The number of hydrogen-bond acceptors (Lipinski definition) is 6. The van der Waals surface area contributed by atoms with Crippen molar-refractivity contribution in [3.63, 3.8) is 0 Å². The first-order valence-corrected chi connectivity index (χ1v) is 10.5. The maximum Gasteiger partial charge on any atom is 0.281 e. The van der Waals surface area contributed by atoms with E-state index in [1.807, 2.05) is 6.92 Å². The van der Waals surface area contributed by atoms with Crippen molar-refractivity contribution in [2.75, 3.05) is 40.4 Å². The molecule has 0 bridgehead atoms. The Labute approximate surface area is 160 Å². The van der Waals surface area contributed by atoms with Gasteiger partial charge in [0.2, 0.25) is 5.91 Å². The highest BCUT2D eigenvalue weighted by Gasteiger charge is 2.45. The van der Waals surface area contributed by atoms with Crippen molar-refractivity contribution in [2.24, 2.45) is 17.8 Å². The number of amides is 1. The Kier molecular flexibility index (Phi) is 6.09. The number of nitrogens with zero attached hydrogens (tertiary/aromatic N) is 4. The van der Waals surface area contributed by atoms with Crippen LogP contribution in [0.4, 0.5) is 0 Å². The van der Waals surface area contributed by atoms with Crippen molar-refractivity contribution in [3.8, 4) is 0 Å². The summed E-state index contributed by atoms with van der Waals surface area (Å²) >= 11 is 0. The van der Waals surface area contributed by atoms with Crippen molar-refractivity contribution < 1.29 is 17.9 Å². The number of rotatable bonds is 6. The van der Waals surface area contributed by atoms with Crippen LogP contribution in [0.5, 0.6) is 0 Å². The summed E-state index contributed by atoms with van der Waals surface area (Å²) < 4.78 is 33.2. The van der Waals surface area contributed by atoms with Gasteiger partial charge in [-0.15, -0.1) is 0 Å². The molecule has 150 valence electrons. The van der Waals surface area contributed by atoms with E-state index >= 15 is 0 Å². The number of fused-ring (bicyclic) bond motifs is 1. The van der Waals surface area contributed by atoms with Gasteiger partial charge >= 0.3 is 0 Å². The number of aryl methyl sites for hydroxylation is 1. The Morgan fingerprint density at radius 3 is 2.74 bits per heavy atom. The van der Waals surface area contributed by atoms with E-state index in [1.54, 1.807) is 12.4 Å². The molecule has 0 unspecified atom stereocenters. The molecule has 0 saturated carbocycles. The van der Waals surface area contributed by atoms with Crippen LogP contribution in [0.15, 0.2) is 12.4 Å². The van der Waals surface area contributed by atoms with Crippen molar-refractivity contribution in [2.45, 2.75) is 19.9 Å². The smallest absolute Gasteiger partial charge is 0.281 e. The van der Waals surface area contributed by atoms with Crippen LogP contribution >= 0.6 is 0 Å². The molecular formula is C17H27N5O4S. The molecule has 2 saturated heterocycles. The number of nitrogens with one attached hydrogen (secondary N) is 1. The van der Waals surface area contributed by atoms with Crippen LogP contribution < -0.4 is 5.32 Å². The molecule has 27 heavy (non-hydrogen) atoms. The van der Waals surface area contributed by atoms with Crippen LogP contribution in [0, 0.1) is 24.7 Å². The molecule has 2 fully saturated rings. The van der Waals surface area contributed by atoms with E-state index in [0.29, 0.717) is 45.0 Å². The fourth-order valence-corrected chi connectivity index (χ4v) is 4.90. The zero-order valence-electron chi connectivity index (χ0n) is 16.0. The van der Waals surface area contributed by atoms with E-state index in [2.05, 4.69) is 15.3 Å². The Balaban J connectivity index is 1.57. The predicted molar refractivity (Wildman–Crippen MR) is 98.7 cm³/mol. The highest BCUT2D eigenvalue weighted by Crippen LogP contribution is 2.37. The van der Waals surface area contributed by atoms with Crippen LogP contribution in [0.3, 0.4) is 0 Å². The number of aromatic nitrogens is 2. The first-order valence-electron chi connectivity index (χ1n) is 9.07. The normalized spacial score (nSPS) is 26.1. The minimum Gasteiger partial charge on any atom is -0.381 e. The average molecular weight is 398 g/mol. The predicted octanol–water partition coefficient (Wildman–Crippen LogP) is -0.208. The largest absolute Gasteiger partial charge is 0.381 e. The first-order chi connectivity index (χ1) is 12.8. The molecule has 0 aliphatic carbocycles. The van der Waals surface area contributed by atoms with E-state index < -0.39 is 10.2 Å². The summed E-state index contributed by atoms with van der Waals surface area (Å²) in [7, 11) is -0.372. The lowest BCUT2D eigenvalue weighted by Crippen LogP contribution is -2.39. The highest BCUT2D eigenvalue weighted by atomic mass is 32.2. The molecule has 9 nitrogen and oxygen atoms in total. The second kappa shape index (κ2) is 8.17. The minimum atomic E-state index is -3.44. The summed E-state index contributed by atoms with van der Waals surface area (Å²) in [6.07, 6.45) is 3.63. The quantitative estimate of drug-likeness (QED) is 0.712. The average Bonchev–Trinajstić information content (AvgIpc) is 3.07. The molecule has 3 atom stereocenters. The van der Waals surface area contributed by atoms with E-state index in [0.717, 1.165) is 5.69 Å². The molecule has 0 spiro atoms. The fourth-order valence-electron chi connectivity index (χ4n) is 3.70. The number of ether oxygens (including phenoxy) is 1. The van der Waals surface area contributed by atoms with Gasteiger partial charge in [0.15, 0.2) is 0 Å². The summed E-state index contributed by atoms with van der Waals surface area (Å²) in [5.41, 5.74) is 1.53. The third-order valence-corrected chi connectivity index (χ3v) is 7.14. The minimum absolute atomic E-state index is 0.00946. The van der Waals surface area contributed by atoms with Gasteiger partial charge in [0.05, 0.1) is 37.3 Å². The zero-order chi connectivity index (χ0) is 19.6. The van der Waals surface area contributed by atoms with Gasteiger partial charge in [-0.05, 0) is 18.8 Å². The molecule has 2 aliphatic rings. The van der Waals surface area contributed by atoms with Crippen molar-refractivity contribution in [3.05, 3.63) is 23.8 Å². The van der Waals surface area contributed by atoms with E-state index in [4.69, 9.17) is 4.74 Å². The monoisotopic (exact) mass is 397 g/mol. The second-order valence-corrected chi connectivity index (χ2v) is 9.60. The van der Waals surface area contributed by atoms with Crippen molar-refractivity contribution >= 4 is 16.1 Å². The van der Waals surface area contributed by atoms with Gasteiger partial charge in [0.1, 0.15) is 0 Å². The van der Waals surface area contributed by atoms with Crippen LogP contribution in [-0.2, 0) is 26.3 Å². The molecule has 1 N–H and O–H groups in total. The van der Waals surface area contributed by atoms with E-state index in [1.165, 1.54) is 22.7 Å². The standard InChI is InChI=1S/C17H27N5O4S/c1-12-5-19-15(6-18-12)7-20-17(23)4-13-10-26-11-14-8-22(9-16(13)14)27(24,25)21(2)3/h5-6,13-14,16H,4,7-11H2,1-3H3,(H,20,23)/t13-,14-,16+/m1/s1. The summed E-state index contributed by atoms with van der Waals surface area (Å²) in [6, 6.07) is 0. The number of hydrogen-bond donors (Lipinski definition) is 1. The lowest BCUT2D eigenvalue weighted by atomic mass is 9.81. The number of carbonyl (C=O) groups excluding carboxylic acids is 1. The summed E-state index contributed by atoms with van der Waals surface area (Å²) in [4.78, 5) is 20.8. The van der Waals surface area contributed by atoms with Crippen molar-refractivity contribution in [1.82, 2.24) is 23.9 Å². The Bertz CT molecular complexity index is 768. The van der Waals surface area contributed by atoms with Gasteiger partial charge in [0, 0.05) is 45.7 Å². The zero-order valence-corrected chi connectivity index (χ0v) is 16.8. The molecule has 1 aromatic heterocycles. The van der Waals surface area contributed by atoms with Gasteiger partial charge in [-0.3, -0.25) is 14.8 Å². The van der Waals surface area contributed by atoms with Gasteiger partial charge in [-0.2, -0.15) is 17.0 Å². The molecule has 0 radical (unpaired) electrons. The molecule has 0 aromatic carbocycles. The van der Waals surface area contributed by atoms with Crippen LogP contribution in [0.1, 0.15) is 17.8 Å². The molecular weight excluding hydrogens is 370 g/mol. The van der Waals surface area contributed by atoms with Gasteiger partial charge < -0.3 is 10.1 Å². The molecule has 3 heterocycles. The SMILES string of the molecule is Cc1cnc(CNC(=O)C[C@@H]2COC[C@H]3CN(S(=O)(=O)N(C)C)C[C@@H]23)cn1. The molecule has 2 aliphatic heterocycles. The van der Waals surface area contributed by atoms with Crippen molar-refractivity contribution in [1.29, 1.82) is 0 Å². The highest BCUT2D eigenvalue weighted by molar-refractivity contribution is 7.86. The van der Waals surface area contributed by atoms with Crippen LogP contribution in [0.25, 0.3) is 0 Å². The van der Waals surface area contributed by atoms with E-state index in [9.17, 15) is 13.2 Å². The topological polar surface area (TPSA) is 105 Å². The Hall–Kier alpha value is -1.62. The Morgan fingerprint density at radius 1 is 1.30 bits per heavy atom. The lowest BCUT2D eigenvalue weighted by Gasteiger charge is -2.32. The van der Waals surface area contributed by atoms with Crippen LogP contribution in [-0.4, -0.2) is 73.3 Å². The maximum absolute atomic E-state index is 12.4. The maximum atomic E-state index is 12.4. The van der Waals surface area contributed by atoms with Gasteiger partial charge in [-0.1, -0.05) is 0 Å². The second-order valence-electron chi connectivity index (χ2n) is 7.46. The fraction of sp³-hybridized carbons (Fsp3) is 0.706. The first kappa shape index (κ1) is 20.1. The molecule has 10 heteroatoms. The summed E-state index contributed by atoms with van der Waals surface area (Å²) in [5, 5.41) is 2.87. The molecule has 1 aromatic rings. The third kappa shape index (κ3) is 4.63. The van der Waals surface area contributed by atoms with Gasteiger partial charge in [0.25, 0.3) is 10.2 Å². The summed E-state index contributed by atoms with van der Waals surface area (Å²) in [5.74, 6) is 0.198. The third-order valence-electron chi connectivity index (χ3n) is 5.26. The van der Waals surface area contributed by atoms with Gasteiger partial charge in [-0.25, -0.2) is 0 Å². The number of carbonyl (C=O) groups is 1. The summed E-state index contributed by atoms with van der Waals surface area (Å²) in [6.45, 7) is 4.10. The molecule has 3 rings (SSSR count). The lowest BCUT2D eigenvalue weighted by molar-refractivity contribution is -0.124. The van der Waals surface area contributed by atoms with E-state index in [-0.39, 0.29) is 23.7 Å².